The molecule has 59 heavy (non-hydrogen) atoms. The van der Waals surface area contributed by atoms with E-state index in [0.717, 1.165) is 50.6 Å². The molecule has 0 amide bonds. The van der Waals surface area contributed by atoms with Gasteiger partial charge in [-0.3, -0.25) is 9.59 Å². The Balaban J connectivity index is 0.922. The second-order valence-corrected chi connectivity index (χ2v) is 16.6. The van der Waals surface area contributed by atoms with Crippen LogP contribution in [0.5, 0.6) is 0 Å². The van der Waals surface area contributed by atoms with E-state index in [1.807, 2.05) is 30.3 Å². The van der Waals surface area contributed by atoms with E-state index < -0.39 is 39.7 Å². The van der Waals surface area contributed by atoms with E-state index in [1.54, 1.807) is 6.07 Å². The third kappa shape index (κ3) is 8.60. The van der Waals surface area contributed by atoms with E-state index in [9.17, 15) is 31.2 Å². The molecule has 0 bridgehead atoms. The van der Waals surface area contributed by atoms with Gasteiger partial charge in [-0.25, -0.2) is 8.42 Å². The fourth-order valence-corrected chi connectivity index (χ4v) is 9.25. The van der Waals surface area contributed by atoms with Crippen LogP contribution < -0.4 is 5.56 Å². The molecule has 0 atom stereocenters. The lowest BCUT2D eigenvalue weighted by Gasteiger charge is -2.32. The van der Waals surface area contributed by atoms with Gasteiger partial charge in [-0.2, -0.15) is 17.5 Å². The molecular formula is C49H39F3N2O4S. The van der Waals surface area contributed by atoms with Crippen molar-refractivity contribution in [2.24, 2.45) is 0 Å². The number of hydrogen-bond donors (Lipinski definition) is 0. The second-order valence-electron chi connectivity index (χ2n) is 14.7. The molecule has 1 aliphatic heterocycles. The quantitative estimate of drug-likeness (QED) is 0.129. The Labute approximate surface area is 340 Å². The first-order valence-corrected chi connectivity index (χ1v) is 20.7. The highest BCUT2D eigenvalue weighted by atomic mass is 32.2. The average Bonchev–Trinajstić information content (AvgIpc) is 3.27. The van der Waals surface area contributed by atoms with Gasteiger partial charge in [0, 0.05) is 30.9 Å². The van der Waals surface area contributed by atoms with Crippen LogP contribution in [0.1, 0.15) is 40.2 Å². The Morgan fingerprint density at radius 3 is 1.75 bits per heavy atom. The molecular weight excluding hydrogens is 770 g/mol. The van der Waals surface area contributed by atoms with Crippen molar-refractivity contribution in [3.8, 4) is 44.5 Å². The van der Waals surface area contributed by atoms with Gasteiger partial charge in [0.05, 0.1) is 17.0 Å². The summed E-state index contributed by atoms with van der Waals surface area (Å²) in [5.74, 6) is -0.321. The van der Waals surface area contributed by atoms with Crippen molar-refractivity contribution in [3.05, 3.63) is 197 Å². The smallest absolute Gasteiger partial charge is 0.306 e. The van der Waals surface area contributed by atoms with Crippen molar-refractivity contribution in [2.75, 3.05) is 13.1 Å². The predicted molar refractivity (Wildman–Crippen MR) is 225 cm³/mol. The van der Waals surface area contributed by atoms with Crippen molar-refractivity contribution >= 4 is 15.8 Å². The van der Waals surface area contributed by atoms with Crippen LogP contribution in [0.3, 0.4) is 0 Å². The number of carbonyl (C=O) groups excluding carboxylic acids is 1. The number of carbonyl (C=O) groups is 1. The van der Waals surface area contributed by atoms with E-state index in [0.29, 0.717) is 24.0 Å². The zero-order chi connectivity index (χ0) is 41.1. The number of aromatic nitrogens is 1. The molecule has 10 heteroatoms. The minimum atomic E-state index is -4.49. The van der Waals surface area contributed by atoms with E-state index >= 15 is 0 Å². The van der Waals surface area contributed by atoms with Gasteiger partial charge in [-0.05, 0) is 87.0 Å². The minimum Gasteiger partial charge on any atom is -0.306 e. The number of alkyl halides is 3. The van der Waals surface area contributed by atoms with Gasteiger partial charge in [0.15, 0.2) is 5.78 Å². The maximum atomic E-state index is 13.9. The fourth-order valence-electron chi connectivity index (χ4n) is 7.76. The highest BCUT2D eigenvalue weighted by molar-refractivity contribution is 7.89. The lowest BCUT2D eigenvalue weighted by Crippen LogP contribution is -2.38. The SMILES string of the molecule is O=C(Cn1cc(S(=O)(=O)N2CCC(c3ccccc3-c3ccc(-c4ccc(-c5ccccc5)cc4)cc3)CC2)ccc1=O)c1ccc(-c2cccc(C(F)(F)F)c2)cc1. The summed E-state index contributed by atoms with van der Waals surface area (Å²) < 4.78 is 70.0. The summed E-state index contributed by atoms with van der Waals surface area (Å²) in [7, 11) is -3.99. The molecule has 7 aromatic rings. The van der Waals surface area contributed by atoms with Crippen LogP contribution in [0.4, 0.5) is 13.2 Å². The Hall–Kier alpha value is -6.36. The Bertz CT molecular complexity index is 2780. The molecule has 8 rings (SSSR count). The van der Waals surface area contributed by atoms with Gasteiger partial charge in [0.2, 0.25) is 10.0 Å². The number of pyridine rings is 1. The first-order chi connectivity index (χ1) is 28.4. The monoisotopic (exact) mass is 808 g/mol. The summed E-state index contributed by atoms with van der Waals surface area (Å²) in [4.78, 5) is 26.0. The van der Waals surface area contributed by atoms with Gasteiger partial charge < -0.3 is 4.57 Å². The average molecular weight is 809 g/mol. The van der Waals surface area contributed by atoms with Crippen molar-refractivity contribution < 1.29 is 26.4 Å². The zero-order valence-electron chi connectivity index (χ0n) is 31.8. The van der Waals surface area contributed by atoms with E-state index in [1.165, 1.54) is 58.0 Å². The largest absolute Gasteiger partial charge is 0.416 e. The summed E-state index contributed by atoms with van der Waals surface area (Å²) in [5, 5.41) is 0. The van der Waals surface area contributed by atoms with Crippen LogP contribution in [0.25, 0.3) is 44.5 Å². The highest BCUT2D eigenvalue weighted by Gasteiger charge is 2.32. The van der Waals surface area contributed by atoms with E-state index in [-0.39, 0.29) is 29.5 Å². The van der Waals surface area contributed by atoms with Crippen molar-refractivity contribution in [1.29, 1.82) is 0 Å². The molecule has 6 aromatic carbocycles. The molecule has 0 radical (unpaired) electrons. The van der Waals surface area contributed by atoms with Gasteiger partial charge in [0.1, 0.15) is 0 Å². The van der Waals surface area contributed by atoms with Gasteiger partial charge >= 0.3 is 6.18 Å². The lowest BCUT2D eigenvalue weighted by molar-refractivity contribution is -0.137. The summed E-state index contributed by atoms with van der Waals surface area (Å²) in [5.41, 5.74) is 7.69. The predicted octanol–water partition coefficient (Wildman–Crippen LogP) is 11.0. The first-order valence-electron chi connectivity index (χ1n) is 19.3. The van der Waals surface area contributed by atoms with Crippen LogP contribution in [0.2, 0.25) is 0 Å². The van der Waals surface area contributed by atoms with Crippen molar-refractivity contribution in [3.63, 3.8) is 0 Å². The number of nitrogens with zero attached hydrogens (tertiary/aromatic N) is 2. The summed E-state index contributed by atoms with van der Waals surface area (Å²) >= 11 is 0. The number of sulfonamides is 1. The molecule has 296 valence electrons. The normalized spacial score (nSPS) is 13.9. The van der Waals surface area contributed by atoms with Crippen LogP contribution in [-0.2, 0) is 22.7 Å². The number of Topliss-reactive ketones (excluding diaryl/α,β-unsaturated/α-hetero) is 1. The summed E-state index contributed by atoms with van der Waals surface area (Å²) in [6, 6.07) is 49.0. The van der Waals surface area contributed by atoms with E-state index in [2.05, 4.69) is 72.8 Å². The van der Waals surface area contributed by atoms with Crippen LogP contribution in [0, 0.1) is 0 Å². The Morgan fingerprint density at radius 2 is 1.12 bits per heavy atom. The molecule has 0 saturated carbocycles. The van der Waals surface area contributed by atoms with Gasteiger partial charge in [0.25, 0.3) is 5.56 Å². The second kappa shape index (κ2) is 16.5. The van der Waals surface area contributed by atoms with Crippen molar-refractivity contribution in [2.45, 2.75) is 36.4 Å². The lowest BCUT2D eigenvalue weighted by atomic mass is 9.85. The maximum absolute atomic E-state index is 13.9. The molecule has 1 aromatic heterocycles. The Kier molecular flexibility index (Phi) is 11.0. The maximum Gasteiger partial charge on any atom is 0.416 e. The number of benzene rings is 6. The number of halogens is 3. The number of ketones is 1. The van der Waals surface area contributed by atoms with Gasteiger partial charge in [-0.15, -0.1) is 0 Å². The third-order valence-electron chi connectivity index (χ3n) is 11.0. The fraction of sp³-hybridized carbons (Fsp3) is 0.143. The van der Waals surface area contributed by atoms with Crippen LogP contribution in [0.15, 0.2) is 180 Å². The molecule has 6 nitrogen and oxygen atoms in total. The topological polar surface area (TPSA) is 76.5 Å². The molecule has 2 heterocycles. The highest BCUT2D eigenvalue weighted by Crippen LogP contribution is 2.38. The van der Waals surface area contributed by atoms with Crippen LogP contribution in [-0.4, -0.2) is 36.2 Å². The number of piperidine rings is 1. The molecule has 0 N–H and O–H groups in total. The molecule has 1 aliphatic rings. The molecule has 1 fully saturated rings. The van der Waals surface area contributed by atoms with E-state index in [4.69, 9.17) is 0 Å². The molecule has 1 saturated heterocycles. The van der Waals surface area contributed by atoms with Crippen LogP contribution >= 0.6 is 0 Å². The summed E-state index contributed by atoms with van der Waals surface area (Å²) in [6.07, 6.45) is -2.07. The standard InChI is InChI=1S/C49H39F3N2O4S/c50-49(51,52)43-10-6-9-42(31-43)38-19-23-41(24-20-38)47(55)33-53-32-44(25-26-48(53)56)59(57,58)54-29-27-40(28-30-54)46-12-5-4-11-45(46)39-21-17-37(18-22-39)36-15-13-35(14-16-36)34-7-2-1-3-8-34/h1-26,31-32,40H,27-30,33H2. The van der Waals surface area contributed by atoms with Crippen molar-refractivity contribution in [1.82, 2.24) is 8.87 Å². The zero-order valence-corrected chi connectivity index (χ0v) is 32.7. The molecule has 0 unspecified atom stereocenters. The summed E-state index contributed by atoms with van der Waals surface area (Å²) in [6.45, 7) is 0.163. The minimum absolute atomic E-state index is 0.0848. The molecule has 0 spiro atoms. The Morgan fingerprint density at radius 1 is 0.593 bits per heavy atom. The molecule has 0 aliphatic carbocycles. The first kappa shape index (κ1) is 39.5. The number of hydrogen-bond acceptors (Lipinski definition) is 4. The number of rotatable bonds is 10. The third-order valence-corrected chi connectivity index (χ3v) is 12.9. The van der Waals surface area contributed by atoms with Gasteiger partial charge in [-0.1, -0.05) is 140 Å².